The van der Waals surface area contributed by atoms with E-state index >= 15 is 0 Å². The Morgan fingerprint density at radius 1 is 1.14 bits per heavy atom. The van der Waals surface area contributed by atoms with Crippen LogP contribution >= 0.6 is 0 Å². The highest BCUT2D eigenvalue weighted by molar-refractivity contribution is 6.00. The van der Waals surface area contributed by atoms with Gasteiger partial charge in [0.05, 0.1) is 23.7 Å². The lowest BCUT2D eigenvalue weighted by atomic mass is 10.0. The van der Waals surface area contributed by atoms with Crippen LogP contribution in [0.1, 0.15) is 54.6 Å². The summed E-state index contributed by atoms with van der Waals surface area (Å²) in [5.41, 5.74) is 2.78. The van der Waals surface area contributed by atoms with Gasteiger partial charge in [-0.15, -0.1) is 0 Å². The van der Waals surface area contributed by atoms with E-state index in [2.05, 4.69) is 25.5 Å². The molecule has 0 bridgehead atoms. The van der Waals surface area contributed by atoms with Crippen molar-refractivity contribution in [3.63, 3.8) is 0 Å². The molecule has 2 fully saturated rings. The van der Waals surface area contributed by atoms with Crippen molar-refractivity contribution in [3.05, 3.63) is 46.2 Å². The number of fused-ring (bicyclic) bond motifs is 2. The zero-order chi connectivity index (χ0) is 24.8. The second-order valence-electron chi connectivity index (χ2n) is 9.62. The van der Waals surface area contributed by atoms with Gasteiger partial charge in [-0.2, -0.15) is 4.98 Å². The maximum Gasteiger partial charge on any atom is 0.263 e. The molecule has 1 aliphatic carbocycles. The van der Waals surface area contributed by atoms with Crippen LogP contribution < -0.4 is 21.1 Å². The number of aromatic nitrogens is 4. The van der Waals surface area contributed by atoms with Gasteiger partial charge < -0.3 is 20.0 Å². The number of hydrogen-bond donors (Lipinski definition) is 2. The molecule has 0 spiro atoms. The lowest BCUT2D eigenvalue weighted by Gasteiger charge is -2.29. The minimum absolute atomic E-state index is 0.0228. The summed E-state index contributed by atoms with van der Waals surface area (Å²) in [6.45, 7) is 6.90. The van der Waals surface area contributed by atoms with E-state index in [0.29, 0.717) is 33.9 Å². The summed E-state index contributed by atoms with van der Waals surface area (Å²) >= 11 is 0. The van der Waals surface area contributed by atoms with Gasteiger partial charge in [0.15, 0.2) is 17.2 Å². The number of nitrogens with one attached hydrogen (secondary N) is 2. The van der Waals surface area contributed by atoms with Crippen LogP contribution in [-0.2, 0) is 0 Å². The first-order valence-corrected chi connectivity index (χ1v) is 12.5. The number of carbonyl (C=O) groups is 1. The number of hydrogen-bond acceptors (Lipinski definition) is 9. The summed E-state index contributed by atoms with van der Waals surface area (Å²) in [7, 11) is 0. The molecule has 0 aromatic carbocycles. The molecule has 6 rings (SSSR count). The fourth-order valence-corrected chi connectivity index (χ4v) is 5.61. The summed E-state index contributed by atoms with van der Waals surface area (Å²) in [4.78, 5) is 42.0. The molecule has 186 valence electrons. The number of nitrogens with zero attached hydrogens (tertiary/aromatic N) is 5. The van der Waals surface area contributed by atoms with E-state index in [9.17, 15) is 9.59 Å². The Bertz CT molecular complexity index is 1530. The number of pyridine rings is 2. The molecule has 1 aliphatic heterocycles. The molecule has 0 atom stereocenters. The molecule has 36 heavy (non-hydrogen) atoms. The Morgan fingerprint density at radius 2 is 1.92 bits per heavy atom. The maximum atomic E-state index is 13.5. The zero-order valence-electron chi connectivity index (χ0n) is 20.5. The number of carbonyl (C=O) groups excluding carboxylic acids is 1. The third-order valence-electron chi connectivity index (χ3n) is 7.41. The van der Waals surface area contributed by atoms with E-state index in [1.165, 1.54) is 6.92 Å². The second-order valence-corrected chi connectivity index (χ2v) is 9.62. The Labute approximate surface area is 207 Å². The summed E-state index contributed by atoms with van der Waals surface area (Å²) in [5, 5.41) is 8.26. The normalized spacial score (nSPS) is 16.8. The molecule has 0 unspecified atom stereocenters. The van der Waals surface area contributed by atoms with Gasteiger partial charge in [-0.3, -0.25) is 14.2 Å². The summed E-state index contributed by atoms with van der Waals surface area (Å²) in [6.07, 6.45) is 9.09. The highest BCUT2D eigenvalue weighted by Crippen LogP contribution is 2.34. The van der Waals surface area contributed by atoms with Crippen molar-refractivity contribution < 1.29 is 9.21 Å². The third kappa shape index (κ3) is 3.72. The first-order valence-electron chi connectivity index (χ1n) is 12.5. The number of anilines is 3. The summed E-state index contributed by atoms with van der Waals surface area (Å²) in [6, 6.07) is 1.97. The first-order chi connectivity index (χ1) is 17.5. The Kier molecular flexibility index (Phi) is 5.67. The molecule has 1 saturated carbocycles. The first kappa shape index (κ1) is 22.7. The topological polar surface area (TPSA) is 118 Å². The van der Waals surface area contributed by atoms with Gasteiger partial charge >= 0.3 is 0 Å². The number of Topliss-reactive ketones (excluding diaryl/α,β-unsaturated/α-hetero) is 1. The lowest BCUT2D eigenvalue weighted by molar-refractivity contribution is 0.101. The molecule has 10 nitrogen and oxygen atoms in total. The van der Waals surface area contributed by atoms with E-state index < -0.39 is 0 Å². The molecule has 1 saturated heterocycles. The van der Waals surface area contributed by atoms with Crippen molar-refractivity contribution in [1.29, 1.82) is 0 Å². The third-order valence-corrected chi connectivity index (χ3v) is 7.41. The van der Waals surface area contributed by atoms with Crippen LogP contribution in [0.4, 0.5) is 17.5 Å². The summed E-state index contributed by atoms with van der Waals surface area (Å²) < 4.78 is 7.52. The van der Waals surface area contributed by atoms with Gasteiger partial charge in [-0.05, 0) is 38.3 Å². The second kappa shape index (κ2) is 9.02. The van der Waals surface area contributed by atoms with Crippen molar-refractivity contribution in [1.82, 2.24) is 24.8 Å². The number of aryl methyl sites for hydroxylation is 1. The van der Waals surface area contributed by atoms with Gasteiger partial charge in [0.2, 0.25) is 5.95 Å². The number of piperazine rings is 1. The van der Waals surface area contributed by atoms with Crippen molar-refractivity contribution in [2.75, 3.05) is 36.4 Å². The van der Waals surface area contributed by atoms with E-state index in [0.717, 1.165) is 62.9 Å². The van der Waals surface area contributed by atoms with Crippen LogP contribution in [0.5, 0.6) is 0 Å². The minimum Gasteiger partial charge on any atom is -0.460 e. The van der Waals surface area contributed by atoms with Crippen molar-refractivity contribution >= 4 is 45.2 Å². The number of ketones is 1. The van der Waals surface area contributed by atoms with Gasteiger partial charge in [-0.1, -0.05) is 12.8 Å². The van der Waals surface area contributed by atoms with Crippen molar-refractivity contribution in [2.45, 2.75) is 45.6 Å². The summed E-state index contributed by atoms with van der Waals surface area (Å²) in [5.74, 6) is 0.603. The van der Waals surface area contributed by atoms with Crippen LogP contribution in [0.2, 0.25) is 0 Å². The molecule has 4 aromatic rings. The van der Waals surface area contributed by atoms with E-state index in [1.807, 2.05) is 12.3 Å². The molecular weight excluding hydrogens is 458 g/mol. The smallest absolute Gasteiger partial charge is 0.263 e. The fraction of sp³-hybridized carbons (Fsp3) is 0.423. The van der Waals surface area contributed by atoms with Crippen LogP contribution in [-0.4, -0.2) is 51.5 Å². The van der Waals surface area contributed by atoms with Crippen molar-refractivity contribution in [2.24, 2.45) is 0 Å². The molecule has 2 aliphatic rings. The Morgan fingerprint density at radius 3 is 2.67 bits per heavy atom. The lowest BCUT2D eigenvalue weighted by Crippen LogP contribution is -2.43. The molecule has 0 amide bonds. The SMILES string of the molecule is CC(=O)c1c(C)c2cnc(Nc3ncc(N4CCNCC4)c4ccoc34)nc2n(C2CCCC2)c1=O. The van der Waals surface area contributed by atoms with Gasteiger partial charge in [0, 0.05) is 49.2 Å². The molecule has 10 heteroatoms. The van der Waals surface area contributed by atoms with Crippen LogP contribution in [0, 0.1) is 6.92 Å². The van der Waals surface area contributed by atoms with Gasteiger partial charge in [0.1, 0.15) is 5.65 Å². The van der Waals surface area contributed by atoms with Gasteiger partial charge in [-0.25, -0.2) is 9.97 Å². The van der Waals surface area contributed by atoms with E-state index in [1.54, 1.807) is 24.0 Å². The van der Waals surface area contributed by atoms with Gasteiger partial charge in [0.25, 0.3) is 5.56 Å². The maximum absolute atomic E-state index is 13.5. The highest BCUT2D eigenvalue weighted by atomic mass is 16.3. The quantitative estimate of drug-likeness (QED) is 0.406. The molecular formula is C26H29N7O3. The molecule has 4 aromatic heterocycles. The fourth-order valence-electron chi connectivity index (χ4n) is 5.61. The molecule has 2 N–H and O–H groups in total. The largest absolute Gasteiger partial charge is 0.460 e. The Hall–Kier alpha value is -3.79. The molecule has 0 radical (unpaired) electrons. The van der Waals surface area contributed by atoms with Crippen molar-refractivity contribution in [3.8, 4) is 0 Å². The predicted octanol–water partition coefficient (Wildman–Crippen LogP) is 3.71. The van der Waals surface area contributed by atoms with Crippen LogP contribution in [0.3, 0.4) is 0 Å². The standard InChI is InChI=1S/C26H29N7O3/c1-15-19-13-29-26(31-24(19)33(17-5-3-4-6-17)25(35)21(15)16(2)34)30-23-22-18(7-12-36-22)20(14-28-23)32-10-8-27-9-11-32/h7,12-14,17,27H,3-6,8-11H2,1-2H3,(H,28,29,30,31). The molecule has 5 heterocycles. The monoisotopic (exact) mass is 487 g/mol. The predicted molar refractivity (Wildman–Crippen MR) is 138 cm³/mol. The van der Waals surface area contributed by atoms with E-state index in [4.69, 9.17) is 9.40 Å². The highest BCUT2D eigenvalue weighted by Gasteiger charge is 2.26. The minimum atomic E-state index is -0.268. The average molecular weight is 488 g/mol. The van der Waals surface area contributed by atoms with E-state index in [-0.39, 0.29) is 22.9 Å². The van der Waals surface area contributed by atoms with Crippen LogP contribution in [0.15, 0.2) is 33.9 Å². The van der Waals surface area contributed by atoms with Crippen LogP contribution in [0.25, 0.3) is 22.0 Å². The number of rotatable bonds is 5. The average Bonchev–Trinajstić information content (AvgIpc) is 3.58. The Balaban J connectivity index is 1.44. The zero-order valence-corrected chi connectivity index (χ0v) is 20.5. The number of furan rings is 1.